The van der Waals surface area contributed by atoms with E-state index in [4.69, 9.17) is 21.6 Å². The second-order valence-electron chi connectivity index (χ2n) is 6.28. The zero-order valence-electron chi connectivity index (χ0n) is 14.5. The normalized spacial score (nSPS) is 11.2. The van der Waals surface area contributed by atoms with Gasteiger partial charge >= 0.3 is 0 Å². The summed E-state index contributed by atoms with van der Waals surface area (Å²) < 4.78 is 20.8. The molecule has 7 heteroatoms. The number of hydrogen-bond acceptors (Lipinski definition) is 4. The van der Waals surface area contributed by atoms with Crippen LogP contribution in [0.1, 0.15) is 25.2 Å². The highest BCUT2D eigenvalue weighted by Crippen LogP contribution is 2.31. The van der Waals surface area contributed by atoms with Gasteiger partial charge in [0.25, 0.3) is 0 Å². The summed E-state index contributed by atoms with van der Waals surface area (Å²) in [5.74, 6) is 1.34. The average molecular weight is 371 g/mol. The molecule has 3 rings (SSSR count). The van der Waals surface area contributed by atoms with Crippen molar-refractivity contribution in [2.24, 2.45) is 7.05 Å². The molecular weight excluding hydrogens is 355 g/mol. The molecule has 1 heterocycles. The third-order valence-corrected chi connectivity index (χ3v) is 4.25. The maximum absolute atomic E-state index is 13.1. The summed E-state index contributed by atoms with van der Waals surface area (Å²) in [6.45, 7) is 3.70. The molecule has 0 fully saturated rings. The first-order chi connectivity index (χ1) is 12.3. The topological polar surface area (TPSA) is 63.7 Å². The van der Waals surface area contributed by atoms with Crippen LogP contribution in [0.25, 0.3) is 11.4 Å². The molecule has 26 heavy (non-hydrogen) atoms. The highest BCUT2D eigenvalue weighted by Gasteiger charge is 2.30. The molecule has 0 saturated carbocycles. The SMILES string of the molecule is Cn1c(-c2ccc(C#N)cc2Cl)nnc1C(C)(C)Oc1ccc(F)cc1. The van der Waals surface area contributed by atoms with Crippen molar-refractivity contribution in [1.29, 1.82) is 5.26 Å². The van der Waals surface area contributed by atoms with Crippen molar-refractivity contribution >= 4 is 11.6 Å². The van der Waals surface area contributed by atoms with E-state index in [-0.39, 0.29) is 5.82 Å². The Morgan fingerprint density at radius 2 is 1.85 bits per heavy atom. The second-order valence-corrected chi connectivity index (χ2v) is 6.69. The van der Waals surface area contributed by atoms with Crippen LogP contribution in [-0.2, 0) is 12.6 Å². The lowest BCUT2D eigenvalue weighted by atomic mass is 10.1. The van der Waals surface area contributed by atoms with Crippen LogP contribution < -0.4 is 4.74 Å². The van der Waals surface area contributed by atoms with Crippen molar-refractivity contribution < 1.29 is 9.13 Å². The number of nitrogens with zero attached hydrogens (tertiary/aromatic N) is 4. The van der Waals surface area contributed by atoms with Crippen LogP contribution in [-0.4, -0.2) is 14.8 Å². The Bertz CT molecular complexity index is 990. The van der Waals surface area contributed by atoms with Crippen LogP contribution in [0.5, 0.6) is 5.75 Å². The van der Waals surface area contributed by atoms with E-state index < -0.39 is 5.60 Å². The lowest BCUT2D eigenvalue weighted by molar-refractivity contribution is 0.0949. The molecule has 0 spiro atoms. The predicted molar refractivity (Wildman–Crippen MR) is 96.2 cm³/mol. The third-order valence-electron chi connectivity index (χ3n) is 3.94. The summed E-state index contributed by atoms with van der Waals surface area (Å²) in [5, 5.41) is 17.9. The van der Waals surface area contributed by atoms with Crippen LogP contribution in [0.2, 0.25) is 5.02 Å². The van der Waals surface area contributed by atoms with Crippen molar-refractivity contribution in [2.75, 3.05) is 0 Å². The summed E-state index contributed by atoms with van der Waals surface area (Å²) >= 11 is 6.28. The molecule has 0 aliphatic carbocycles. The standard InChI is InChI=1S/C19H16ClFN4O/c1-19(2,26-14-7-5-13(21)6-8-14)18-24-23-17(25(18)3)15-9-4-12(11-22)10-16(15)20/h4-10H,1-3H3. The zero-order valence-corrected chi connectivity index (χ0v) is 15.3. The first kappa shape index (κ1) is 17.9. The lowest BCUT2D eigenvalue weighted by Gasteiger charge is -2.25. The van der Waals surface area contributed by atoms with Gasteiger partial charge in [0.1, 0.15) is 11.6 Å². The van der Waals surface area contributed by atoms with Crippen molar-refractivity contribution in [2.45, 2.75) is 19.4 Å². The van der Waals surface area contributed by atoms with E-state index in [1.54, 1.807) is 34.9 Å². The first-order valence-electron chi connectivity index (χ1n) is 7.86. The van der Waals surface area contributed by atoms with Crippen molar-refractivity contribution in [3.63, 3.8) is 0 Å². The number of hydrogen-bond donors (Lipinski definition) is 0. The third kappa shape index (κ3) is 3.39. The highest BCUT2D eigenvalue weighted by molar-refractivity contribution is 6.33. The van der Waals surface area contributed by atoms with E-state index in [1.807, 2.05) is 27.0 Å². The van der Waals surface area contributed by atoms with Crippen molar-refractivity contribution in [1.82, 2.24) is 14.8 Å². The van der Waals surface area contributed by atoms with Crippen LogP contribution >= 0.6 is 11.6 Å². The average Bonchev–Trinajstić information content (AvgIpc) is 2.99. The number of benzene rings is 2. The summed E-state index contributed by atoms with van der Waals surface area (Å²) in [4.78, 5) is 0. The fraction of sp³-hybridized carbons (Fsp3) is 0.211. The number of ether oxygens (including phenoxy) is 1. The van der Waals surface area contributed by atoms with Gasteiger partial charge in [0.2, 0.25) is 0 Å². The van der Waals surface area contributed by atoms with E-state index in [0.717, 1.165) is 0 Å². The maximum Gasteiger partial charge on any atom is 0.176 e. The molecule has 0 aliphatic heterocycles. The minimum Gasteiger partial charge on any atom is -0.480 e. The van der Waals surface area contributed by atoms with Crippen LogP contribution in [0, 0.1) is 17.1 Å². The molecule has 0 N–H and O–H groups in total. The van der Waals surface area contributed by atoms with Gasteiger partial charge in [-0.3, -0.25) is 0 Å². The molecule has 2 aromatic carbocycles. The Kier molecular flexibility index (Phi) is 4.66. The fourth-order valence-electron chi connectivity index (χ4n) is 2.70. The molecule has 0 saturated heterocycles. The van der Waals surface area contributed by atoms with E-state index in [2.05, 4.69) is 10.2 Å². The molecule has 5 nitrogen and oxygen atoms in total. The molecule has 3 aromatic rings. The van der Waals surface area contributed by atoms with Gasteiger partial charge in [-0.05, 0) is 56.3 Å². The highest BCUT2D eigenvalue weighted by atomic mass is 35.5. The number of aromatic nitrogens is 3. The quantitative estimate of drug-likeness (QED) is 0.680. The molecule has 0 atom stereocenters. The van der Waals surface area contributed by atoms with Gasteiger partial charge in [-0.1, -0.05) is 11.6 Å². The Morgan fingerprint density at radius 3 is 2.46 bits per heavy atom. The first-order valence-corrected chi connectivity index (χ1v) is 8.24. The van der Waals surface area contributed by atoms with Crippen molar-refractivity contribution in [3.8, 4) is 23.2 Å². The van der Waals surface area contributed by atoms with Crippen LogP contribution in [0.15, 0.2) is 42.5 Å². The molecule has 0 aliphatic rings. The number of halogens is 2. The molecule has 132 valence electrons. The molecule has 0 bridgehead atoms. The summed E-state index contributed by atoms with van der Waals surface area (Å²) in [6, 6.07) is 12.8. The minimum atomic E-state index is -0.809. The van der Waals surface area contributed by atoms with Gasteiger partial charge in [-0.25, -0.2) is 4.39 Å². The van der Waals surface area contributed by atoms with Gasteiger partial charge in [-0.2, -0.15) is 5.26 Å². The largest absolute Gasteiger partial charge is 0.480 e. The Hall–Kier alpha value is -2.91. The monoisotopic (exact) mass is 370 g/mol. The smallest absolute Gasteiger partial charge is 0.176 e. The Labute approximate surface area is 155 Å². The van der Waals surface area contributed by atoms with Crippen LogP contribution in [0.4, 0.5) is 4.39 Å². The van der Waals surface area contributed by atoms with Gasteiger partial charge in [0.15, 0.2) is 17.2 Å². The van der Waals surface area contributed by atoms with E-state index >= 15 is 0 Å². The van der Waals surface area contributed by atoms with Crippen molar-refractivity contribution in [3.05, 3.63) is 64.7 Å². The van der Waals surface area contributed by atoms with Gasteiger partial charge in [-0.15, -0.1) is 10.2 Å². The Morgan fingerprint density at radius 1 is 1.15 bits per heavy atom. The van der Waals surface area contributed by atoms with Gasteiger partial charge in [0, 0.05) is 12.6 Å². The maximum atomic E-state index is 13.1. The molecule has 0 unspecified atom stereocenters. The zero-order chi connectivity index (χ0) is 18.9. The van der Waals surface area contributed by atoms with Gasteiger partial charge < -0.3 is 9.30 Å². The van der Waals surface area contributed by atoms with Gasteiger partial charge in [0.05, 0.1) is 16.7 Å². The second kappa shape index (κ2) is 6.77. The minimum absolute atomic E-state index is 0.327. The van der Waals surface area contributed by atoms with Crippen LogP contribution in [0.3, 0.4) is 0 Å². The summed E-state index contributed by atoms with van der Waals surface area (Å²) in [7, 11) is 1.81. The predicted octanol–water partition coefficient (Wildman–Crippen LogP) is 4.46. The lowest BCUT2D eigenvalue weighted by Crippen LogP contribution is -2.29. The number of rotatable bonds is 4. The molecule has 0 radical (unpaired) electrons. The fourth-order valence-corrected chi connectivity index (χ4v) is 2.96. The molecular formula is C19H16ClFN4O. The summed E-state index contributed by atoms with van der Waals surface area (Å²) in [6.07, 6.45) is 0. The van der Waals surface area contributed by atoms with E-state index in [0.29, 0.717) is 33.5 Å². The molecule has 1 aromatic heterocycles. The van der Waals surface area contributed by atoms with E-state index in [9.17, 15) is 4.39 Å². The number of nitriles is 1. The molecule has 0 amide bonds. The Balaban J connectivity index is 1.95. The van der Waals surface area contributed by atoms with E-state index in [1.165, 1.54) is 12.1 Å². The summed E-state index contributed by atoms with van der Waals surface area (Å²) in [5.41, 5.74) is 0.335.